The van der Waals surface area contributed by atoms with Crippen molar-refractivity contribution in [1.82, 2.24) is 24.7 Å². The number of nitrogens with one attached hydrogen (secondary N) is 2. The van der Waals surface area contributed by atoms with Crippen molar-refractivity contribution < 1.29 is 4.79 Å². The molecule has 0 bridgehead atoms. The van der Waals surface area contributed by atoms with E-state index in [2.05, 4.69) is 25.4 Å². The predicted octanol–water partition coefficient (Wildman–Crippen LogP) is 3.22. The number of carbonyl (C=O) groups excluding carboxylic acids is 1. The average Bonchev–Trinajstić information content (AvgIpc) is 3.33. The van der Waals surface area contributed by atoms with Crippen LogP contribution in [-0.4, -0.2) is 30.6 Å². The molecule has 1 amide bonds. The summed E-state index contributed by atoms with van der Waals surface area (Å²) < 4.78 is 1.85. The normalized spacial score (nSPS) is 10.7. The highest BCUT2D eigenvalue weighted by Gasteiger charge is 2.10. The van der Waals surface area contributed by atoms with Gasteiger partial charge in [-0.25, -0.2) is 9.67 Å². The monoisotopic (exact) mass is 344 g/mol. The fourth-order valence-electron chi connectivity index (χ4n) is 2.65. The Balaban J connectivity index is 1.54. The molecule has 128 valence electrons. The van der Waals surface area contributed by atoms with Crippen LogP contribution >= 0.6 is 0 Å². The van der Waals surface area contributed by atoms with Gasteiger partial charge in [0.25, 0.3) is 5.91 Å². The van der Waals surface area contributed by atoms with Gasteiger partial charge in [-0.15, -0.1) is 0 Å². The summed E-state index contributed by atoms with van der Waals surface area (Å²) in [7, 11) is 0. The molecule has 1 aromatic carbocycles. The quantitative estimate of drug-likeness (QED) is 0.595. The topological polar surface area (TPSA) is 88.5 Å². The molecule has 4 rings (SSSR count). The first-order valence-electron chi connectivity index (χ1n) is 8.08. The summed E-state index contributed by atoms with van der Waals surface area (Å²) in [5.74, 6) is -0.192. The number of benzene rings is 1. The van der Waals surface area contributed by atoms with E-state index in [1.165, 1.54) is 6.20 Å². The van der Waals surface area contributed by atoms with Gasteiger partial charge in [-0.3, -0.25) is 9.78 Å². The molecule has 0 radical (unpaired) electrons. The first-order chi connectivity index (χ1) is 12.7. The number of aromatic nitrogens is 5. The number of aromatic amines is 1. The van der Waals surface area contributed by atoms with E-state index in [-0.39, 0.29) is 5.91 Å². The number of carbonyl (C=O) groups is 1. The van der Waals surface area contributed by atoms with Crippen molar-refractivity contribution in [3.05, 3.63) is 78.6 Å². The van der Waals surface area contributed by atoms with Gasteiger partial charge in [0, 0.05) is 23.8 Å². The maximum atomic E-state index is 12.2. The number of rotatable bonds is 4. The summed E-state index contributed by atoms with van der Waals surface area (Å²) in [4.78, 5) is 23.2. The lowest BCUT2D eigenvalue weighted by atomic mass is 10.2. The second-order valence-corrected chi connectivity index (χ2v) is 5.79. The van der Waals surface area contributed by atoms with Gasteiger partial charge in [0.1, 0.15) is 5.69 Å². The number of aryl methyl sites for hydroxylation is 1. The maximum Gasteiger partial charge on any atom is 0.257 e. The first kappa shape index (κ1) is 15.8. The zero-order valence-corrected chi connectivity index (χ0v) is 14.0. The smallest absolute Gasteiger partial charge is 0.257 e. The lowest BCUT2D eigenvalue weighted by Gasteiger charge is -2.08. The number of nitrogens with zero attached hydrogens (tertiary/aromatic N) is 4. The number of H-pyrrole nitrogens is 1. The predicted molar refractivity (Wildman–Crippen MR) is 98.1 cm³/mol. The average molecular weight is 344 g/mol. The molecule has 3 heterocycles. The molecule has 0 unspecified atom stereocenters. The molecular formula is C19H16N6O. The third-order valence-corrected chi connectivity index (χ3v) is 3.96. The van der Waals surface area contributed by atoms with Crippen molar-refractivity contribution >= 4 is 11.6 Å². The molecule has 0 spiro atoms. The minimum atomic E-state index is -0.192. The van der Waals surface area contributed by atoms with Crippen LogP contribution < -0.4 is 5.32 Å². The van der Waals surface area contributed by atoms with Crippen LogP contribution in [0.4, 0.5) is 5.69 Å². The Morgan fingerprint density at radius 1 is 1.12 bits per heavy atom. The molecule has 3 aromatic heterocycles. The zero-order valence-electron chi connectivity index (χ0n) is 14.0. The van der Waals surface area contributed by atoms with Gasteiger partial charge in [0.05, 0.1) is 29.5 Å². The van der Waals surface area contributed by atoms with Crippen LogP contribution in [0, 0.1) is 6.92 Å². The number of pyridine rings is 1. The van der Waals surface area contributed by atoms with Crippen molar-refractivity contribution in [3.8, 4) is 17.1 Å². The molecule has 0 atom stereocenters. The van der Waals surface area contributed by atoms with E-state index in [0.29, 0.717) is 11.3 Å². The molecule has 26 heavy (non-hydrogen) atoms. The van der Waals surface area contributed by atoms with Gasteiger partial charge < -0.3 is 10.3 Å². The van der Waals surface area contributed by atoms with Crippen molar-refractivity contribution in [2.75, 3.05) is 5.32 Å². The SMILES string of the molecule is Cc1cc(-c2cnc[nH]2)nn1-c1ccc(NC(=O)c2cccnc2)cc1. The second kappa shape index (κ2) is 6.64. The van der Waals surface area contributed by atoms with E-state index in [9.17, 15) is 4.79 Å². The molecule has 7 heteroatoms. The Morgan fingerprint density at radius 2 is 1.96 bits per heavy atom. The van der Waals surface area contributed by atoms with Crippen molar-refractivity contribution in [1.29, 1.82) is 0 Å². The molecule has 2 N–H and O–H groups in total. The number of imidazole rings is 1. The van der Waals surface area contributed by atoms with Gasteiger partial charge in [-0.1, -0.05) is 0 Å². The van der Waals surface area contributed by atoms with Crippen molar-refractivity contribution in [3.63, 3.8) is 0 Å². The molecule has 4 aromatic rings. The molecule has 0 saturated carbocycles. The Hall–Kier alpha value is -3.74. The van der Waals surface area contributed by atoms with Gasteiger partial charge in [0.15, 0.2) is 0 Å². The van der Waals surface area contributed by atoms with Crippen LogP contribution in [-0.2, 0) is 0 Å². The fourth-order valence-corrected chi connectivity index (χ4v) is 2.65. The van der Waals surface area contributed by atoms with Gasteiger partial charge in [-0.2, -0.15) is 5.10 Å². The summed E-state index contributed by atoms with van der Waals surface area (Å²) in [6, 6.07) is 13.0. The lowest BCUT2D eigenvalue weighted by Crippen LogP contribution is -2.12. The number of anilines is 1. The standard InChI is InChI=1S/C19H16N6O/c1-13-9-17(18-11-21-12-22-18)24-25(13)16-6-4-15(5-7-16)23-19(26)14-3-2-8-20-10-14/h2-12H,1H3,(H,21,22)(H,23,26). The highest BCUT2D eigenvalue weighted by Crippen LogP contribution is 2.20. The maximum absolute atomic E-state index is 12.2. The van der Waals surface area contributed by atoms with Crippen LogP contribution in [0.5, 0.6) is 0 Å². The second-order valence-electron chi connectivity index (χ2n) is 5.79. The molecule has 0 aliphatic heterocycles. The Bertz CT molecular complexity index is 1020. The van der Waals surface area contributed by atoms with Gasteiger partial charge >= 0.3 is 0 Å². The van der Waals surface area contributed by atoms with Crippen molar-refractivity contribution in [2.24, 2.45) is 0 Å². The molecule has 0 aliphatic rings. The third kappa shape index (κ3) is 3.10. The highest BCUT2D eigenvalue weighted by molar-refractivity contribution is 6.04. The molecule has 0 saturated heterocycles. The van der Waals surface area contributed by atoms with Crippen LogP contribution in [0.2, 0.25) is 0 Å². The Morgan fingerprint density at radius 3 is 2.65 bits per heavy atom. The van der Waals surface area contributed by atoms with Gasteiger partial charge in [0.2, 0.25) is 0 Å². The first-order valence-corrected chi connectivity index (χ1v) is 8.08. The van der Waals surface area contributed by atoms with E-state index in [1.54, 1.807) is 30.9 Å². The fraction of sp³-hybridized carbons (Fsp3) is 0.0526. The van der Waals surface area contributed by atoms with E-state index >= 15 is 0 Å². The van der Waals surface area contributed by atoms with Gasteiger partial charge in [-0.05, 0) is 49.4 Å². The molecular weight excluding hydrogens is 328 g/mol. The summed E-state index contributed by atoms with van der Waals surface area (Å²) in [5.41, 5.74) is 4.83. The number of amides is 1. The van der Waals surface area contributed by atoms with E-state index < -0.39 is 0 Å². The van der Waals surface area contributed by atoms with E-state index in [4.69, 9.17) is 0 Å². The lowest BCUT2D eigenvalue weighted by molar-refractivity contribution is 0.102. The van der Waals surface area contributed by atoms with Crippen LogP contribution in [0.1, 0.15) is 16.1 Å². The summed E-state index contributed by atoms with van der Waals surface area (Å²) in [6.07, 6.45) is 6.54. The van der Waals surface area contributed by atoms with Crippen LogP contribution in [0.3, 0.4) is 0 Å². The van der Waals surface area contributed by atoms with Crippen molar-refractivity contribution in [2.45, 2.75) is 6.92 Å². The Kier molecular flexibility index (Phi) is 4.03. The van der Waals surface area contributed by atoms with E-state index in [1.807, 2.05) is 41.9 Å². The summed E-state index contributed by atoms with van der Waals surface area (Å²) in [6.45, 7) is 1.99. The number of hydrogen-bond acceptors (Lipinski definition) is 4. The molecule has 7 nitrogen and oxygen atoms in total. The molecule has 0 fully saturated rings. The minimum absolute atomic E-state index is 0.192. The number of hydrogen-bond donors (Lipinski definition) is 2. The van der Waals surface area contributed by atoms with E-state index in [0.717, 1.165) is 22.8 Å². The largest absolute Gasteiger partial charge is 0.343 e. The Labute approximate surface area is 149 Å². The third-order valence-electron chi connectivity index (χ3n) is 3.96. The van der Waals surface area contributed by atoms with Crippen LogP contribution in [0.25, 0.3) is 17.1 Å². The minimum Gasteiger partial charge on any atom is -0.343 e. The zero-order chi connectivity index (χ0) is 17.9. The highest BCUT2D eigenvalue weighted by atomic mass is 16.1. The molecule has 0 aliphatic carbocycles. The summed E-state index contributed by atoms with van der Waals surface area (Å²) in [5, 5.41) is 7.47. The van der Waals surface area contributed by atoms with Crippen LogP contribution in [0.15, 0.2) is 67.4 Å². The summed E-state index contributed by atoms with van der Waals surface area (Å²) >= 11 is 0.